The molecule has 2 rings (SSSR count). The van der Waals surface area contributed by atoms with Crippen LogP contribution in [0.4, 0.5) is 0 Å². The van der Waals surface area contributed by atoms with Gasteiger partial charge in [0.2, 0.25) is 0 Å². The third-order valence-electron chi connectivity index (χ3n) is 3.37. The minimum absolute atomic E-state index is 0.129. The molecule has 0 saturated heterocycles. The minimum Gasteiger partial charge on any atom is -0.374 e. The molecule has 0 radical (unpaired) electrons. The van der Waals surface area contributed by atoms with E-state index in [1.54, 1.807) is 0 Å². The Morgan fingerprint density at radius 2 is 1.32 bits per heavy atom. The summed E-state index contributed by atoms with van der Waals surface area (Å²) >= 11 is 0. The van der Waals surface area contributed by atoms with Crippen LogP contribution >= 0.6 is 0 Å². The molecule has 0 aromatic heterocycles. The summed E-state index contributed by atoms with van der Waals surface area (Å²) in [5.74, 6) is 0. The molecule has 8 nitrogen and oxygen atoms in total. The molecule has 8 heteroatoms. The second kappa shape index (κ2) is 10.7. The van der Waals surface area contributed by atoms with Crippen LogP contribution in [0.25, 0.3) is 20.9 Å². The van der Waals surface area contributed by atoms with Crippen LogP contribution in [0.15, 0.2) is 70.9 Å². The first-order valence-corrected chi connectivity index (χ1v) is 7.69. The first-order chi connectivity index (χ1) is 12.3. The highest BCUT2D eigenvalue weighted by Gasteiger charge is 2.20. The van der Waals surface area contributed by atoms with E-state index in [1.807, 2.05) is 60.7 Å². The molecule has 128 valence electrons. The van der Waals surface area contributed by atoms with E-state index in [1.165, 1.54) is 0 Å². The average molecular weight is 338 g/mol. The van der Waals surface area contributed by atoms with Gasteiger partial charge in [-0.2, -0.15) is 0 Å². The minimum atomic E-state index is -1.02. The fourth-order valence-corrected chi connectivity index (χ4v) is 2.14. The lowest BCUT2D eigenvalue weighted by atomic mass is 10.2. The molecule has 1 atom stereocenters. The van der Waals surface area contributed by atoms with Crippen molar-refractivity contribution in [1.82, 2.24) is 0 Å². The molecule has 25 heavy (non-hydrogen) atoms. The highest BCUT2D eigenvalue weighted by molar-refractivity contribution is 5.14. The third kappa shape index (κ3) is 6.55. The molecule has 0 aliphatic heterocycles. The van der Waals surface area contributed by atoms with Crippen molar-refractivity contribution in [1.29, 1.82) is 0 Å². The normalized spacial score (nSPS) is 12.5. The zero-order valence-corrected chi connectivity index (χ0v) is 13.5. The lowest BCUT2D eigenvalue weighted by Crippen LogP contribution is -2.30. The summed E-state index contributed by atoms with van der Waals surface area (Å²) in [5, 5.41) is 7.01. The van der Waals surface area contributed by atoms with Crippen LogP contribution in [0.2, 0.25) is 0 Å². The zero-order valence-electron chi connectivity index (χ0n) is 13.5. The number of hydrogen-bond acceptors (Lipinski definition) is 4. The summed E-state index contributed by atoms with van der Waals surface area (Å²) in [5.41, 5.74) is 19.3. The van der Waals surface area contributed by atoms with Gasteiger partial charge >= 0.3 is 0 Å². The molecule has 0 bridgehead atoms. The summed E-state index contributed by atoms with van der Waals surface area (Å²) in [6.07, 6.45) is -1.70. The Balaban J connectivity index is 1.99. The highest BCUT2D eigenvalue weighted by atomic mass is 16.5. The number of nitrogens with zero attached hydrogens (tertiary/aromatic N) is 6. The smallest absolute Gasteiger partial charge is 0.144 e. The number of ether oxygens (including phenoxy) is 2. The molecule has 0 saturated carbocycles. The summed E-state index contributed by atoms with van der Waals surface area (Å²) in [4.78, 5) is 5.44. The van der Waals surface area contributed by atoms with Gasteiger partial charge in [-0.3, -0.25) is 0 Å². The first-order valence-electron chi connectivity index (χ1n) is 7.69. The average Bonchev–Trinajstić information content (AvgIpc) is 2.66. The van der Waals surface area contributed by atoms with Crippen molar-refractivity contribution in [2.24, 2.45) is 10.2 Å². The largest absolute Gasteiger partial charge is 0.374 e. The predicted octanol–water partition coefficient (Wildman–Crippen LogP) is 4.74. The van der Waals surface area contributed by atoms with E-state index in [-0.39, 0.29) is 6.61 Å². The standard InChI is InChI=1S/C17H18N6O2/c18-22-20-17(21-23-19)16(25-12-15-9-5-2-6-10-15)13-24-11-14-7-3-1-4-8-14/h1-10,16-17H,11-13H2/t16-/m0/s1. The lowest BCUT2D eigenvalue weighted by molar-refractivity contribution is -0.0403. The Bertz CT molecular complexity index is 709. The van der Waals surface area contributed by atoms with Crippen molar-refractivity contribution in [3.8, 4) is 0 Å². The molecular formula is C17H18N6O2. The Kier molecular flexibility index (Phi) is 7.84. The van der Waals surface area contributed by atoms with Crippen molar-refractivity contribution in [3.63, 3.8) is 0 Å². The van der Waals surface area contributed by atoms with Crippen molar-refractivity contribution < 1.29 is 9.47 Å². The monoisotopic (exact) mass is 338 g/mol. The van der Waals surface area contributed by atoms with E-state index >= 15 is 0 Å². The fraction of sp³-hybridized carbons (Fsp3) is 0.294. The van der Waals surface area contributed by atoms with Crippen LogP contribution in [-0.4, -0.2) is 18.9 Å². The SMILES string of the molecule is [N-]=[N+]=NC(N=[N+]=[N-])[C@H](COCc1ccccc1)OCc1ccccc1. The number of hydrogen-bond donors (Lipinski definition) is 0. The Hall–Kier alpha value is -3.02. The molecule has 2 aromatic rings. The molecule has 0 spiro atoms. The van der Waals surface area contributed by atoms with Crippen LogP contribution in [-0.2, 0) is 22.7 Å². The van der Waals surface area contributed by atoms with E-state index in [2.05, 4.69) is 20.1 Å². The second-order valence-electron chi connectivity index (χ2n) is 5.16. The summed E-state index contributed by atoms with van der Waals surface area (Å²) in [6.45, 7) is 0.800. The number of benzene rings is 2. The van der Waals surface area contributed by atoms with E-state index in [0.717, 1.165) is 11.1 Å². The third-order valence-corrected chi connectivity index (χ3v) is 3.37. The molecule has 0 aliphatic carbocycles. The lowest BCUT2D eigenvalue weighted by Gasteiger charge is -2.21. The quantitative estimate of drug-likeness (QED) is 0.353. The predicted molar refractivity (Wildman–Crippen MR) is 93.2 cm³/mol. The van der Waals surface area contributed by atoms with Crippen molar-refractivity contribution in [2.45, 2.75) is 25.5 Å². The van der Waals surface area contributed by atoms with Gasteiger partial charge in [0.1, 0.15) is 6.17 Å². The van der Waals surface area contributed by atoms with Crippen LogP contribution in [0.3, 0.4) is 0 Å². The van der Waals surface area contributed by atoms with Crippen LogP contribution in [0, 0.1) is 0 Å². The van der Waals surface area contributed by atoms with Gasteiger partial charge in [0, 0.05) is 9.82 Å². The second-order valence-corrected chi connectivity index (χ2v) is 5.16. The summed E-state index contributed by atoms with van der Waals surface area (Å²) in [7, 11) is 0. The van der Waals surface area contributed by atoms with E-state index in [9.17, 15) is 0 Å². The van der Waals surface area contributed by atoms with E-state index < -0.39 is 12.3 Å². The molecule has 2 aromatic carbocycles. The topological polar surface area (TPSA) is 116 Å². The molecule has 0 aliphatic rings. The Morgan fingerprint density at radius 3 is 1.84 bits per heavy atom. The summed E-state index contributed by atoms with van der Waals surface area (Å²) in [6, 6.07) is 19.2. The van der Waals surface area contributed by atoms with E-state index in [4.69, 9.17) is 20.5 Å². The molecule has 0 heterocycles. The van der Waals surface area contributed by atoms with Crippen molar-refractivity contribution in [3.05, 3.63) is 92.7 Å². The molecule has 0 unspecified atom stereocenters. The number of azide groups is 1. The molecule has 0 N–H and O–H groups in total. The maximum absolute atomic E-state index is 8.68. The number of rotatable bonds is 10. The van der Waals surface area contributed by atoms with Gasteiger partial charge in [-0.15, -0.1) is 0 Å². The van der Waals surface area contributed by atoms with Gasteiger partial charge in [0.05, 0.1) is 25.9 Å². The fourth-order valence-electron chi connectivity index (χ4n) is 2.14. The van der Waals surface area contributed by atoms with Gasteiger partial charge in [-0.25, -0.2) is 0 Å². The maximum Gasteiger partial charge on any atom is 0.144 e. The Labute approximate surface area is 145 Å². The van der Waals surface area contributed by atoms with Gasteiger partial charge in [0.15, 0.2) is 0 Å². The van der Waals surface area contributed by atoms with Crippen LogP contribution < -0.4 is 0 Å². The first kappa shape index (κ1) is 18.3. The summed E-state index contributed by atoms with van der Waals surface area (Å²) < 4.78 is 11.4. The molecule has 0 fully saturated rings. The van der Waals surface area contributed by atoms with Gasteiger partial charge < -0.3 is 9.47 Å². The highest BCUT2D eigenvalue weighted by Crippen LogP contribution is 2.13. The van der Waals surface area contributed by atoms with Gasteiger partial charge in [-0.05, 0) is 22.2 Å². The van der Waals surface area contributed by atoms with Crippen LogP contribution in [0.5, 0.6) is 0 Å². The van der Waals surface area contributed by atoms with Gasteiger partial charge in [-0.1, -0.05) is 70.9 Å². The van der Waals surface area contributed by atoms with Gasteiger partial charge in [0.25, 0.3) is 0 Å². The van der Waals surface area contributed by atoms with Crippen molar-refractivity contribution in [2.75, 3.05) is 6.61 Å². The zero-order chi connectivity index (χ0) is 17.7. The molecular weight excluding hydrogens is 320 g/mol. The van der Waals surface area contributed by atoms with E-state index in [0.29, 0.717) is 13.2 Å². The van der Waals surface area contributed by atoms with Crippen molar-refractivity contribution >= 4 is 0 Å². The Morgan fingerprint density at radius 1 is 0.800 bits per heavy atom. The molecule has 0 amide bonds. The van der Waals surface area contributed by atoms with Crippen LogP contribution in [0.1, 0.15) is 11.1 Å². The maximum atomic E-state index is 8.68.